The molecule has 31 heavy (non-hydrogen) atoms. The highest BCUT2D eigenvalue weighted by Crippen LogP contribution is 2.36. The maximum absolute atomic E-state index is 13.4. The Balaban J connectivity index is 1.50. The molecule has 3 aromatic rings. The van der Waals surface area contributed by atoms with E-state index in [2.05, 4.69) is 36.2 Å². The summed E-state index contributed by atoms with van der Waals surface area (Å²) >= 11 is 0. The molecule has 6 heteroatoms. The van der Waals surface area contributed by atoms with Crippen LogP contribution in [0.5, 0.6) is 0 Å². The van der Waals surface area contributed by atoms with Crippen molar-refractivity contribution in [1.29, 1.82) is 0 Å². The molecule has 4 rings (SSSR count). The topological polar surface area (TPSA) is 17.4 Å². The average molecular weight is 431 g/mol. The van der Waals surface area contributed by atoms with Gasteiger partial charge in [0.15, 0.2) is 0 Å². The number of rotatable bonds is 6. The van der Waals surface area contributed by atoms with Crippen molar-refractivity contribution in [3.05, 3.63) is 71.4 Å². The number of benzene rings is 2. The van der Waals surface area contributed by atoms with E-state index in [0.717, 1.165) is 31.4 Å². The predicted molar refractivity (Wildman–Crippen MR) is 117 cm³/mol. The Labute approximate surface area is 181 Å². The number of hydrogen-bond donors (Lipinski definition) is 0. The van der Waals surface area contributed by atoms with Gasteiger partial charge in [0, 0.05) is 24.0 Å². The van der Waals surface area contributed by atoms with Gasteiger partial charge in [-0.1, -0.05) is 30.3 Å². The molecule has 0 unspecified atom stereocenters. The van der Waals surface area contributed by atoms with Gasteiger partial charge in [0.1, 0.15) is 0 Å². The predicted octanol–water partition coefficient (Wildman–Crippen LogP) is 5.42. The highest BCUT2D eigenvalue weighted by atomic mass is 19.4. The molecule has 0 bridgehead atoms. The summed E-state index contributed by atoms with van der Waals surface area (Å²) in [7, 11) is 4.00. The van der Waals surface area contributed by atoms with Gasteiger partial charge in [0.2, 0.25) is 0 Å². The number of fused-ring (bicyclic) bond motifs is 1. The lowest BCUT2D eigenvalue weighted by Gasteiger charge is -2.41. The SMILES string of the molecule is CN1CCC(COCCc2cc(C(F)(F)F)cc3ccn(C)c23)(c2ccccc2)CC1. The minimum atomic E-state index is -4.36. The van der Waals surface area contributed by atoms with Crippen molar-refractivity contribution in [2.45, 2.75) is 30.9 Å². The van der Waals surface area contributed by atoms with E-state index in [1.807, 2.05) is 17.7 Å². The first-order chi connectivity index (χ1) is 14.8. The smallest absolute Gasteiger partial charge is 0.380 e. The summed E-state index contributed by atoms with van der Waals surface area (Å²) in [6.07, 6.45) is -0.0788. The van der Waals surface area contributed by atoms with E-state index < -0.39 is 11.7 Å². The molecule has 1 aliphatic heterocycles. The molecule has 0 aliphatic carbocycles. The number of piperidine rings is 1. The largest absolute Gasteiger partial charge is 0.416 e. The molecule has 166 valence electrons. The van der Waals surface area contributed by atoms with Gasteiger partial charge in [-0.3, -0.25) is 0 Å². The molecule has 0 spiro atoms. The Hall–Kier alpha value is -2.31. The van der Waals surface area contributed by atoms with Gasteiger partial charge >= 0.3 is 6.18 Å². The molecule has 1 fully saturated rings. The molecule has 3 nitrogen and oxygen atoms in total. The number of hydrogen-bond acceptors (Lipinski definition) is 2. The first-order valence-corrected chi connectivity index (χ1v) is 10.8. The van der Waals surface area contributed by atoms with Gasteiger partial charge in [-0.05, 0) is 68.7 Å². The third kappa shape index (κ3) is 4.65. The Morgan fingerprint density at radius 3 is 2.39 bits per heavy atom. The van der Waals surface area contributed by atoms with Crippen molar-refractivity contribution >= 4 is 10.9 Å². The van der Waals surface area contributed by atoms with Crippen LogP contribution < -0.4 is 0 Å². The molecule has 0 N–H and O–H groups in total. The third-order valence-electron chi connectivity index (χ3n) is 6.60. The lowest BCUT2D eigenvalue weighted by atomic mass is 9.73. The quantitative estimate of drug-likeness (QED) is 0.486. The lowest BCUT2D eigenvalue weighted by molar-refractivity contribution is -0.137. The molecule has 0 atom stereocenters. The highest BCUT2D eigenvalue weighted by Gasteiger charge is 2.36. The molecular formula is C25H29F3N2O. The van der Waals surface area contributed by atoms with E-state index in [1.165, 1.54) is 17.7 Å². The number of alkyl halides is 3. The normalized spacial score (nSPS) is 17.3. The van der Waals surface area contributed by atoms with Gasteiger partial charge in [0.05, 0.1) is 24.3 Å². The molecule has 1 aromatic heterocycles. The monoisotopic (exact) mass is 430 g/mol. The fraction of sp³-hybridized carbons (Fsp3) is 0.440. The molecule has 2 heterocycles. The van der Waals surface area contributed by atoms with Crippen LogP contribution in [0.1, 0.15) is 29.5 Å². The number of halogens is 3. The second-order valence-electron chi connectivity index (χ2n) is 8.75. The van der Waals surface area contributed by atoms with Crippen LogP contribution >= 0.6 is 0 Å². The van der Waals surface area contributed by atoms with Crippen LogP contribution in [-0.4, -0.2) is 42.8 Å². The van der Waals surface area contributed by atoms with Gasteiger partial charge < -0.3 is 14.2 Å². The van der Waals surface area contributed by atoms with Crippen LogP contribution in [0.25, 0.3) is 10.9 Å². The number of nitrogens with zero attached hydrogens (tertiary/aromatic N) is 2. The molecule has 0 radical (unpaired) electrons. The van der Waals surface area contributed by atoms with Crippen molar-refractivity contribution in [2.75, 3.05) is 33.4 Å². The fourth-order valence-corrected chi connectivity index (χ4v) is 4.70. The second-order valence-corrected chi connectivity index (χ2v) is 8.75. The van der Waals surface area contributed by atoms with E-state index >= 15 is 0 Å². The fourth-order valence-electron chi connectivity index (χ4n) is 4.70. The van der Waals surface area contributed by atoms with E-state index in [1.54, 1.807) is 12.3 Å². The summed E-state index contributed by atoms with van der Waals surface area (Å²) in [6, 6.07) is 14.7. The molecule has 0 amide bonds. The summed E-state index contributed by atoms with van der Waals surface area (Å²) in [5, 5.41) is 0.614. The Bertz CT molecular complexity index is 1020. The number of aromatic nitrogens is 1. The van der Waals surface area contributed by atoms with Gasteiger partial charge in [-0.2, -0.15) is 13.2 Å². The van der Waals surface area contributed by atoms with E-state index in [-0.39, 0.29) is 5.41 Å². The Morgan fingerprint density at radius 2 is 1.71 bits per heavy atom. The van der Waals surface area contributed by atoms with Gasteiger partial charge in [-0.25, -0.2) is 0 Å². The lowest BCUT2D eigenvalue weighted by Crippen LogP contribution is -2.44. The third-order valence-corrected chi connectivity index (χ3v) is 6.60. The Kier molecular flexibility index (Phi) is 6.13. The molecule has 0 saturated carbocycles. The van der Waals surface area contributed by atoms with Gasteiger partial charge in [0.25, 0.3) is 0 Å². The summed E-state index contributed by atoms with van der Waals surface area (Å²) in [5.74, 6) is 0. The van der Waals surface area contributed by atoms with E-state index in [4.69, 9.17) is 4.74 Å². The minimum absolute atomic E-state index is 0.0398. The van der Waals surface area contributed by atoms with Crippen LogP contribution in [0.15, 0.2) is 54.7 Å². The molecule has 1 saturated heterocycles. The van der Waals surface area contributed by atoms with Crippen molar-refractivity contribution in [2.24, 2.45) is 7.05 Å². The number of aryl methyl sites for hydroxylation is 1. The zero-order valence-electron chi connectivity index (χ0n) is 18.1. The van der Waals surface area contributed by atoms with Crippen molar-refractivity contribution in [3.63, 3.8) is 0 Å². The van der Waals surface area contributed by atoms with E-state index in [9.17, 15) is 13.2 Å². The first kappa shape index (κ1) is 21.9. The number of ether oxygens (including phenoxy) is 1. The van der Waals surface area contributed by atoms with Gasteiger partial charge in [-0.15, -0.1) is 0 Å². The van der Waals surface area contributed by atoms with Crippen LogP contribution in [0, 0.1) is 0 Å². The second kappa shape index (κ2) is 8.67. The van der Waals surface area contributed by atoms with Crippen LogP contribution in [-0.2, 0) is 29.8 Å². The summed E-state index contributed by atoms with van der Waals surface area (Å²) in [5.41, 5.74) is 2.16. The van der Waals surface area contributed by atoms with Crippen molar-refractivity contribution in [1.82, 2.24) is 9.47 Å². The summed E-state index contributed by atoms with van der Waals surface area (Å²) in [6.45, 7) is 3.00. The first-order valence-electron chi connectivity index (χ1n) is 10.8. The molecule has 1 aliphatic rings. The highest BCUT2D eigenvalue weighted by molar-refractivity contribution is 5.84. The summed E-state index contributed by atoms with van der Waals surface area (Å²) < 4.78 is 48.1. The van der Waals surface area contributed by atoms with Crippen LogP contribution in [0.4, 0.5) is 13.2 Å². The maximum atomic E-state index is 13.4. The Morgan fingerprint density at radius 1 is 1.00 bits per heavy atom. The minimum Gasteiger partial charge on any atom is -0.380 e. The van der Waals surface area contributed by atoms with Crippen LogP contribution in [0.3, 0.4) is 0 Å². The standard InChI is InChI=1S/C25H29F3N2O/c1-29-13-10-24(11-14-29,21-6-4-3-5-7-21)18-31-15-9-20-17-22(25(26,27)28)16-19-8-12-30(2)23(19)20/h3-8,12,16-17H,9-11,13-15,18H2,1-2H3. The zero-order chi connectivity index (χ0) is 22.1. The number of likely N-dealkylation sites (tertiary alicyclic amines) is 1. The van der Waals surface area contributed by atoms with Crippen molar-refractivity contribution in [3.8, 4) is 0 Å². The molecule has 2 aromatic carbocycles. The van der Waals surface area contributed by atoms with Crippen LogP contribution in [0.2, 0.25) is 0 Å². The maximum Gasteiger partial charge on any atom is 0.416 e. The molecular weight excluding hydrogens is 401 g/mol. The zero-order valence-corrected chi connectivity index (χ0v) is 18.1. The summed E-state index contributed by atoms with van der Waals surface area (Å²) in [4.78, 5) is 2.33. The van der Waals surface area contributed by atoms with Crippen molar-refractivity contribution < 1.29 is 17.9 Å². The average Bonchev–Trinajstić information content (AvgIpc) is 3.14. The van der Waals surface area contributed by atoms with E-state index in [0.29, 0.717) is 30.6 Å².